The Morgan fingerprint density at radius 3 is 2.49 bits per heavy atom. The molecule has 1 aromatic carbocycles. The van der Waals surface area contributed by atoms with Crippen LogP contribution in [0, 0.1) is 0 Å². The fourth-order valence-corrected chi connectivity index (χ4v) is 4.69. The van der Waals surface area contributed by atoms with Crippen molar-refractivity contribution >= 4 is 23.6 Å². The number of nitrogens with zero attached hydrogens (tertiary/aromatic N) is 7. The predicted octanol–water partition coefficient (Wildman–Crippen LogP) is 2.41. The number of aromatic nitrogens is 5. The van der Waals surface area contributed by atoms with Crippen LogP contribution in [0.1, 0.15) is 23.0 Å². The number of amides is 3. The molecule has 3 amide bonds. The first kappa shape index (κ1) is 25.6. The summed E-state index contributed by atoms with van der Waals surface area (Å²) in [7, 11) is 4.57. The van der Waals surface area contributed by atoms with E-state index in [1.54, 1.807) is 41.2 Å². The fraction of sp³-hybridized carbons (Fsp3) is 0.259. The third-order valence-electron chi connectivity index (χ3n) is 6.64. The van der Waals surface area contributed by atoms with Gasteiger partial charge in [0.1, 0.15) is 17.3 Å². The maximum absolute atomic E-state index is 13.5. The van der Waals surface area contributed by atoms with E-state index >= 15 is 0 Å². The molecule has 1 aliphatic heterocycles. The van der Waals surface area contributed by atoms with E-state index in [0.29, 0.717) is 36.8 Å². The number of nitrogens with one attached hydrogen (secondary N) is 1. The molecule has 4 heterocycles. The molecule has 0 bridgehead atoms. The Kier molecular flexibility index (Phi) is 6.84. The molecule has 0 saturated carbocycles. The maximum Gasteiger partial charge on any atom is 0.353 e. The average molecular weight is 529 g/mol. The number of ether oxygens (including phenoxy) is 1. The lowest BCUT2D eigenvalue weighted by molar-refractivity contribution is 0.0958. The average Bonchev–Trinajstić information content (AvgIpc) is 3.50. The summed E-state index contributed by atoms with van der Waals surface area (Å²) in [5, 5.41) is 6.64. The SMILES string of the molecule is CCc1c(-c2ccc(-n3c(OC)nn(C)c3=O)cc2)ccnc1N1CCN(c2cccc(C(=O)NC)n2)C1=O. The number of carbonyl (C=O) groups excluding carboxylic acids is 2. The molecule has 3 aromatic heterocycles. The van der Waals surface area contributed by atoms with Crippen LogP contribution in [0.25, 0.3) is 16.8 Å². The molecule has 1 N–H and O–H groups in total. The van der Waals surface area contributed by atoms with Crippen LogP contribution in [0.3, 0.4) is 0 Å². The number of methoxy groups -OCH3 is 1. The van der Waals surface area contributed by atoms with Gasteiger partial charge in [0.15, 0.2) is 0 Å². The molecule has 0 atom stereocenters. The van der Waals surface area contributed by atoms with Crippen LogP contribution >= 0.6 is 0 Å². The van der Waals surface area contributed by atoms with E-state index in [2.05, 4.69) is 20.4 Å². The van der Waals surface area contributed by atoms with Gasteiger partial charge in [0.05, 0.1) is 12.8 Å². The van der Waals surface area contributed by atoms with Crippen LogP contribution < -0.4 is 25.5 Å². The van der Waals surface area contributed by atoms with Gasteiger partial charge < -0.3 is 10.1 Å². The Labute approximate surface area is 224 Å². The first-order valence-electron chi connectivity index (χ1n) is 12.4. The molecule has 200 valence electrons. The van der Waals surface area contributed by atoms with E-state index in [0.717, 1.165) is 16.7 Å². The number of hydrogen-bond donors (Lipinski definition) is 1. The number of benzene rings is 1. The van der Waals surface area contributed by atoms with Crippen LogP contribution in [-0.2, 0) is 13.5 Å². The van der Waals surface area contributed by atoms with Gasteiger partial charge in [0.25, 0.3) is 5.91 Å². The second-order valence-corrected chi connectivity index (χ2v) is 8.84. The Morgan fingerprint density at radius 1 is 1.05 bits per heavy atom. The Morgan fingerprint density at radius 2 is 1.79 bits per heavy atom. The minimum Gasteiger partial charge on any atom is -0.467 e. The van der Waals surface area contributed by atoms with E-state index in [1.807, 2.05) is 37.3 Å². The zero-order valence-electron chi connectivity index (χ0n) is 22.1. The van der Waals surface area contributed by atoms with Crippen LogP contribution in [0.2, 0.25) is 0 Å². The quantitative estimate of drug-likeness (QED) is 0.390. The minimum atomic E-state index is -0.319. The molecule has 39 heavy (non-hydrogen) atoms. The van der Waals surface area contributed by atoms with Crippen molar-refractivity contribution in [2.75, 3.05) is 37.0 Å². The van der Waals surface area contributed by atoms with Gasteiger partial charge in [-0.3, -0.25) is 14.6 Å². The standard InChI is InChI=1S/C27H28N8O4/c1-5-19-20(17-9-11-18(12-10-17)35-25(39-4)31-32(3)26(35)37)13-14-29-23(19)34-16-15-33(27(34)38)22-8-6-7-21(30-22)24(36)28-2/h6-14H,5,15-16H2,1-4H3,(H,28,36). The molecule has 1 aliphatic rings. The molecule has 5 rings (SSSR count). The van der Waals surface area contributed by atoms with Crippen molar-refractivity contribution in [1.82, 2.24) is 29.6 Å². The Balaban J connectivity index is 1.46. The van der Waals surface area contributed by atoms with Gasteiger partial charge in [-0.25, -0.2) is 28.8 Å². The van der Waals surface area contributed by atoms with Crippen LogP contribution in [-0.4, -0.2) is 63.5 Å². The number of hydrogen-bond acceptors (Lipinski definition) is 7. The summed E-state index contributed by atoms with van der Waals surface area (Å²) < 4.78 is 7.87. The number of rotatable bonds is 7. The first-order chi connectivity index (χ1) is 18.9. The Hall–Kier alpha value is -5.00. The molecule has 12 nitrogen and oxygen atoms in total. The summed E-state index contributed by atoms with van der Waals surface area (Å²) >= 11 is 0. The second kappa shape index (κ2) is 10.4. The molecule has 0 unspecified atom stereocenters. The maximum atomic E-state index is 13.5. The monoisotopic (exact) mass is 528 g/mol. The van der Waals surface area contributed by atoms with Crippen LogP contribution in [0.4, 0.5) is 16.4 Å². The van der Waals surface area contributed by atoms with Crippen LogP contribution in [0.5, 0.6) is 6.01 Å². The third-order valence-corrected chi connectivity index (χ3v) is 6.64. The van der Waals surface area contributed by atoms with Crippen molar-refractivity contribution in [2.24, 2.45) is 7.05 Å². The zero-order chi connectivity index (χ0) is 27.7. The van der Waals surface area contributed by atoms with Crippen molar-refractivity contribution in [1.29, 1.82) is 0 Å². The molecular weight excluding hydrogens is 500 g/mol. The van der Waals surface area contributed by atoms with E-state index in [4.69, 9.17) is 4.74 Å². The molecule has 0 radical (unpaired) electrons. The molecule has 1 saturated heterocycles. The third kappa shape index (κ3) is 4.49. The van der Waals surface area contributed by atoms with Gasteiger partial charge in [-0.05, 0) is 47.9 Å². The first-order valence-corrected chi connectivity index (χ1v) is 12.4. The topological polar surface area (TPSA) is 127 Å². The van der Waals surface area contributed by atoms with E-state index < -0.39 is 0 Å². The highest BCUT2D eigenvalue weighted by atomic mass is 16.5. The van der Waals surface area contributed by atoms with Gasteiger partial charge in [0.2, 0.25) is 0 Å². The molecule has 0 aliphatic carbocycles. The zero-order valence-corrected chi connectivity index (χ0v) is 22.1. The number of carbonyl (C=O) groups is 2. The van der Waals surface area contributed by atoms with Crippen molar-refractivity contribution in [3.8, 4) is 22.8 Å². The Bertz CT molecular complexity index is 1610. The molecular formula is C27H28N8O4. The summed E-state index contributed by atoms with van der Waals surface area (Å²) in [6.07, 6.45) is 2.33. The number of pyridine rings is 2. The fourth-order valence-electron chi connectivity index (χ4n) is 4.69. The molecule has 12 heteroatoms. The minimum absolute atomic E-state index is 0.197. The van der Waals surface area contributed by atoms with Crippen molar-refractivity contribution in [3.05, 3.63) is 76.5 Å². The van der Waals surface area contributed by atoms with Gasteiger partial charge in [-0.2, -0.15) is 0 Å². The highest BCUT2D eigenvalue weighted by Gasteiger charge is 2.34. The van der Waals surface area contributed by atoms with E-state index in [9.17, 15) is 14.4 Å². The normalized spacial score (nSPS) is 13.2. The summed E-state index contributed by atoms with van der Waals surface area (Å²) in [5.74, 6) is 0.675. The van der Waals surface area contributed by atoms with Crippen molar-refractivity contribution in [2.45, 2.75) is 13.3 Å². The van der Waals surface area contributed by atoms with Gasteiger partial charge >= 0.3 is 17.7 Å². The molecule has 1 fully saturated rings. The highest BCUT2D eigenvalue weighted by molar-refractivity contribution is 6.06. The van der Waals surface area contributed by atoms with Crippen LogP contribution in [0.15, 0.2) is 59.5 Å². The van der Waals surface area contributed by atoms with Crippen molar-refractivity contribution in [3.63, 3.8) is 0 Å². The summed E-state index contributed by atoms with van der Waals surface area (Å²) in [5.41, 5.74) is 3.32. The lowest BCUT2D eigenvalue weighted by atomic mass is 9.98. The highest BCUT2D eigenvalue weighted by Crippen LogP contribution is 2.33. The van der Waals surface area contributed by atoms with Gasteiger partial charge in [-0.15, -0.1) is 5.10 Å². The number of aryl methyl sites for hydroxylation is 1. The van der Waals surface area contributed by atoms with E-state index in [-0.39, 0.29) is 29.3 Å². The van der Waals surface area contributed by atoms with E-state index in [1.165, 1.54) is 23.4 Å². The lowest BCUT2D eigenvalue weighted by Gasteiger charge is -2.21. The molecule has 4 aromatic rings. The number of anilines is 2. The van der Waals surface area contributed by atoms with Gasteiger partial charge in [-0.1, -0.05) is 25.1 Å². The predicted molar refractivity (Wildman–Crippen MR) is 146 cm³/mol. The van der Waals surface area contributed by atoms with Crippen molar-refractivity contribution < 1.29 is 14.3 Å². The number of urea groups is 1. The summed E-state index contributed by atoms with van der Waals surface area (Å²) in [6.45, 7) is 2.86. The largest absolute Gasteiger partial charge is 0.467 e. The molecule has 0 spiro atoms. The summed E-state index contributed by atoms with van der Waals surface area (Å²) in [4.78, 5) is 50.2. The smallest absolute Gasteiger partial charge is 0.353 e. The summed E-state index contributed by atoms with van der Waals surface area (Å²) in [6, 6.07) is 14.4. The lowest BCUT2D eigenvalue weighted by Crippen LogP contribution is -2.33. The second-order valence-electron chi connectivity index (χ2n) is 8.84. The van der Waals surface area contributed by atoms with Gasteiger partial charge in [0, 0.05) is 38.9 Å².